The molecule has 0 atom stereocenters. The van der Waals surface area contributed by atoms with E-state index in [1.807, 2.05) is 83.1 Å². The molecule has 3 fully saturated rings. The molecular formula is C34H44B3BrF6O8. The van der Waals surface area contributed by atoms with E-state index in [1.54, 1.807) is 0 Å². The average Bonchev–Trinajstić information content (AvgIpc) is 3.45. The fourth-order valence-electron chi connectivity index (χ4n) is 4.92. The first-order chi connectivity index (χ1) is 23.3. The minimum Gasteiger partial charge on any atom is -0.405 e. The number of carbonyl (C=O) groups is 2. The molecule has 0 unspecified atom stereocenters. The summed E-state index contributed by atoms with van der Waals surface area (Å²) in [6.45, 7) is 23.5. The lowest BCUT2D eigenvalue weighted by atomic mass is 9.49. The van der Waals surface area contributed by atoms with Crippen LogP contribution in [0.3, 0.4) is 0 Å². The van der Waals surface area contributed by atoms with Gasteiger partial charge in [-0.15, -0.1) is 0 Å². The maximum atomic E-state index is 13.0. The Labute approximate surface area is 310 Å². The van der Waals surface area contributed by atoms with Crippen LogP contribution in [0.1, 0.15) is 115 Å². The number of carbonyl (C=O) groups excluding carboxylic acids is 2. The van der Waals surface area contributed by atoms with E-state index < -0.39 is 61.4 Å². The second kappa shape index (κ2) is 14.8. The fourth-order valence-corrected chi connectivity index (χ4v) is 5.29. The van der Waals surface area contributed by atoms with Gasteiger partial charge < -0.3 is 27.9 Å². The van der Waals surface area contributed by atoms with Crippen molar-refractivity contribution in [1.29, 1.82) is 0 Å². The van der Waals surface area contributed by atoms with Crippen LogP contribution in [0.5, 0.6) is 0 Å². The van der Waals surface area contributed by atoms with Crippen molar-refractivity contribution in [3.63, 3.8) is 0 Å². The van der Waals surface area contributed by atoms with E-state index >= 15 is 0 Å². The van der Waals surface area contributed by atoms with Crippen molar-refractivity contribution in [3.8, 4) is 0 Å². The third kappa shape index (κ3) is 9.53. The molecule has 0 aliphatic carbocycles. The first-order valence-corrected chi connectivity index (χ1v) is 17.2. The van der Waals surface area contributed by atoms with Crippen LogP contribution in [0.4, 0.5) is 26.3 Å². The molecular weight excluding hydrogens is 763 g/mol. The van der Waals surface area contributed by atoms with Crippen LogP contribution >= 0.6 is 15.9 Å². The average molecular weight is 807 g/mol. The van der Waals surface area contributed by atoms with Gasteiger partial charge in [-0.1, -0.05) is 28.1 Å². The third-order valence-corrected chi connectivity index (χ3v) is 10.7. The molecule has 0 N–H and O–H groups in total. The van der Waals surface area contributed by atoms with Crippen molar-refractivity contribution in [2.45, 2.75) is 129 Å². The van der Waals surface area contributed by atoms with Gasteiger partial charge in [0.25, 0.3) is 0 Å². The molecule has 8 nitrogen and oxygen atoms in total. The van der Waals surface area contributed by atoms with Gasteiger partial charge in [0, 0.05) is 15.6 Å². The lowest BCUT2D eigenvalue weighted by Gasteiger charge is -2.32. The maximum Gasteiger partial charge on any atom is 0.494 e. The van der Waals surface area contributed by atoms with E-state index in [0.717, 1.165) is 24.3 Å². The number of aldehydes is 2. The summed E-state index contributed by atoms with van der Waals surface area (Å²) in [5, 5.41) is 0. The first kappa shape index (κ1) is 44.2. The Kier molecular flexibility index (Phi) is 12.6. The molecule has 2 aromatic rings. The fraction of sp³-hybridized carbons (Fsp3) is 0.588. The van der Waals surface area contributed by atoms with Crippen molar-refractivity contribution in [1.82, 2.24) is 0 Å². The van der Waals surface area contributed by atoms with Gasteiger partial charge in [0.1, 0.15) is 0 Å². The summed E-state index contributed by atoms with van der Waals surface area (Å²) >= 11 is 2.90. The zero-order valence-electron chi connectivity index (χ0n) is 31.3. The largest absolute Gasteiger partial charge is 0.494 e. The minimum atomic E-state index is -4.60. The monoisotopic (exact) mass is 806 g/mol. The second-order valence-electron chi connectivity index (χ2n) is 15.6. The van der Waals surface area contributed by atoms with Crippen molar-refractivity contribution in [3.05, 3.63) is 63.1 Å². The van der Waals surface area contributed by atoms with Crippen LogP contribution in [-0.2, 0) is 40.3 Å². The smallest absolute Gasteiger partial charge is 0.405 e. The molecule has 18 heteroatoms. The third-order valence-electron chi connectivity index (χ3n) is 10.2. The number of alkyl halides is 6. The Bertz CT molecular complexity index is 1550. The Hall–Kier alpha value is -2.21. The Balaban J connectivity index is 0.000000216. The molecule has 286 valence electrons. The molecule has 2 aromatic carbocycles. The normalized spacial score (nSPS) is 22.2. The zero-order chi connectivity index (χ0) is 40.1. The number of rotatable bonds is 4. The molecule has 0 bridgehead atoms. The van der Waals surface area contributed by atoms with E-state index in [-0.39, 0.29) is 46.0 Å². The minimum absolute atomic E-state index is 0.190. The highest BCUT2D eigenvalue weighted by Crippen LogP contribution is 2.43. The number of hydrogen-bond donors (Lipinski definition) is 0. The van der Waals surface area contributed by atoms with Crippen LogP contribution in [0.25, 0.3) is 0 Å². The molecule has 52 heavy (non-hydrogen) atoms. The van der Waals surface area contributed by atoms with E-state index in [0.29, 0.717) is 4.47 Å². The van der Waals surface area contributed by atoms with E-state index in [1.165, 1.54) is 12.1 Å². The highest BCUT2D eigenvalue weighted by atomic mass is 79.9. The molecule has 3 aliphatic rings. The Morgan fingerprint density at radius 1 is 0.519 bits per heavy atom. The SMILES string of the molecule is CC1(C)OB(B2OC(C)(C)C(C)(C)O2)OC1(C)C.CC1(C)OB(c2ccc(C=O)c(C(F)(F)F)c2)OC1(C)C.O=Cc1ccc(Br)cc1C(F)(F)F. The lowest BCUT2D eigenvalue weighted by Crippen LogP contribution is -2.41. The second-order valence-corrected chi connectivity index (χ2v) is 16.6. The van der Waals surface area contributed by atoms with E-state index in [4.69, 9.17) is 27.9 Å². The molecule has 0 amide bonds. The molecule has 3 heterocycles. The topological polar surface area (TPSA) is 89.5 Å². The lowest BCUT2D eigenvalue weighted by molar-refractivity contribution is -0.138. The van der Waals surface area contributed by atoms with Crippen LogP contribution < -0.4 is 5.46 Å². The van der Waals surface area contributed by atoms with Gasteiger partial charge in [0.05, 0.1) is 44.7 Å². The highest BCUT2D eigenvalue weighted by molar-refractivity contribution is 9.10. The van der Waals surface area contributed by atoms with Crippen molar-refractivity contribution in [2.75, 3.05) is 0 Å². The van der Waals surface area contributed by atoms with Gasteiger partial charge in [-0.2, -0.15) is 26.3 Å². The molecule has 0 spiro atoms. The van der Waals surface area contributed by atoms with Gasteiger partial charge in [0.2, 0.25) is 0 Å². The van der Waals surface area contributed by atoms with Gasteiger partial charge in [-0.25, -0.2) is 0 Å². The van der Waals surface area contributed by atoms with Crippen molar-refractivity contribution < 1.29 is 63.9 Å². The zero-order valence-corrected chi connectivity index (χ0v) is 32.8. The standard InChI is InChI=1S/C14H16BF3O3.C12H24B2O4.C8H4BrF3O/c1-12(2)13(3,4)21-15(20-12)10-6-5-9(8-19)11(7-10)14(16,17)18;1-9(2)10(3,4)16-13(15-9)14-17-11(5,6)12(7,8)18-14;9-6-2-1-5(4-13)7(3-6)8(10,11)12/h5-8H,1-4H3;1-8H3;1-4H. The summed E-state index contributed by atoms with van der Waals surface area (Å²) in [5.74, 6) is 0. The quantitative estimate of drug-likeness (QED) is 0.173. The van der Waals surface area contributed by atoms with Gasteiger partial charge in [0.15, 0.2) is 12.6 Å². The van der Waals surface area contributed by atoms with Crippen LogP contribution in [-0.4, -0.2) is 67.3 Å². The predicted octanol–water partition coefficient (Wildman–Crippen LogP) is 8.35. The molecule has 0 aromatic heterocycles. The molecule has 3 aliphatic heterocycles. The van der Waals surface area contributed by atoms with Crippen molar-refractivity contribution >= 4 is 55.1 Å². The number of hydrogen-bond acceptors (Lipinski definition) is 8. The van der Waals surface area contributed by atoms with Crippen LogP contribution in [0.15, 0.2) is 40.9 Å². The summed E-state index contributed by atoms with van der Waals surface area (Å²) in [6, 6.07) is 6.85. The van der Waals surface area contributed by atoms with E-state index in [9.17, 15) is 35.9 Å². The molecule has 0 radical (unpaired) electrons. The van der Waals surface area contributed by atoms with Gasteiger partial charge >= 0.3 is 33.5 Å². The van der Waals surface area contributed by atoms with Crippen molar-refractivity contribution in [2.24, 2.45) is 0 Å². The summed E-state index contributed by atoms with van der Waals surface area (Å²) in [5.41, 5.74) is -5.13. The summed E-state index contributed by atoms with van der Waals surface area (Å²) in [6.07, 6.45) is -8.71. The molecule has 0 saturated carbocycles. The highest BCUT2D eigenvalue weighted by Gasteiger charge is 2.63. The Morgan fingerprint density at radius 2 is 0.827 bits per heavy atom. The first-order valence-electron chi connectivity index (χ1n) is 16.4. The van der Waals surface area contributed by atoms with Gasteiger partial charge in [-0.05, 0) is 113 Å². The number of benzene rings is 2. The summed E-state index contributed by atoms with van der Waals surface area (Å²) in [4.78, 5) is 21.0. The van der Waals surface area contributed by atoms with Crippen LogP contribution in [0, 0.1) is 0 Å². The van der Waals surface area contributed by atoms with Crippen LogP contribution in [0.2, 0.25) is 0 Å². The summed E-state index contributed by atoms with van der Waals surface area (Å²) < 4.78 is 111. The molecule has 5 rings (SSSR count). The Morgan fingerprint density at radius 3 is 1.15 bits per heavy atom. The number of halogens is 7. The predicted molar refractivity (Wildman–Crippen MR) is 189 cm³/mol. The van der Waals surface area contributed by atoms with E-state index in [2.05, 4.69) is 15.9 Å². The maximum absolute atomic E-state index is 13.0. The summed E-state index contributed by atoms with van der Waals surface area (Å²) in [7, 11) is -1.84. The van der Waals surface area contributed by atoms with Gasteiger partial charge in [-0.3, -0.25) is 9.59 Å². The molecule has 3 saturated heterocycles.